The van der Waals surface area contributed by atoms with Crippen LogP contribution in [-0.2, 0) is 16.0 Å². The van der Waals surface area contributed by atoms with E-state index in [4.69, 9.17) is 0 Å². The Bertz CT molecular complexity index is 619. The third kappa shape index (κ3) is 4.08. The quantitative estimate of drug-likeness (QED) is 0.681. The molecule has 1 aromatic rings. The summed E-state index contributed by atoms with van der Waals surface area (Å²) in [6.07, 6.45) is -4.37. The predicted octanol–water partition coefficient (Wildman–Crippen LogP) is 2.47. The van der Waals surface area contributed by atoms with Gasteiger partial charge in [-0.05, 0) is 23.8 Å². The van der Waals surface area contributed by atoms with E-state index in [0.717, 1.165) is 11.0 Å². The Morgan fingerprint density at radius 2 is 1.83 bits per heavy atom. The molecule has 1 fully saturated rings. The second-order valence-electron chi connectivity index (χ2n) is 5.31. The molecule has 4 nitrogen and oxygen atoms in total. The molecule has 0 bridgehead atoms. The maximum atomic E-state index is 14.2. The largest absolute Gasteiger partial charge is 0.393 e. The lowest BCUT2D eigenvalue weighted by atomic mass is 9.95. The van der Waals surface area contributed by atoms with Crippen molar-refractivity contribution in [2.45, 2.75) is 18.3 Å². The number of alkyl halides is 4. The van der Waals surface area contributed by atoms with E-state index in [9.17, 15) is 27.2 Å². The number of carbonyl (C=O) groups excluding carboxylic acids is 2. The third-order valence-corrected chi connectivity index (χ3v) is 3.39. The van der Waals surface area contributed by atoms with Crippen LogP contribution in [-0.4, -0.2) is 41.6 Å². The summed E-state index contributed by atoms with van der Waals surface area (Å²) in [6, 6.07) is 4.96. The van der Waals surface area contributed by atoms with E-state index in [-0.39, 0.29) is 24.3 Å². The van der Waals surface area contributed by atoms with E-state index in [1.165, 1.54) is 24.3 Å². The van der Waals surface area contributed by atoms with E-state index in [0.29, 0.717) is 0 Å². The first-order chi connectivity index (χ1) is 10.6. The summed E-state index contributed by atoms with van der Waals surface area (Å²) in [7, 11) is 0. The van der Waals surface area contributed by atoms with Crippen LogP contribution in [0, 0.1) is 0 Å². The highest BCUT2D eigenvalue weighted by Crippen LogP contribution is 2.28. The lowest BCUT2D eigenvalue weighted by molar-refractivity contribution is -0.150. The lowest BCUT2D eigenvalue weighted by Gasteiger charge is -2.42. The van der Waals surface area contributed by atoms with E-state index in [2.05, 4.69) is 11.9 Å². The zero-order chi connectivity index (χ0) is 17.3. The molecular formula is C15H14F4N2O2. The van der Waals surface area contributed by atoms with E-state index >= 15 is 0 Å². The fraction of sp³-hybridized carbons (Fsp3) is 0.333. The molecule has 0 aromatic heterocycles. The van der Waals surface area contributed by atoms with Gasteiger partial charge in [-0.3, -0.25) is 9.59 Å². The van der Waals surface area contributed by atoms with Gasteiger partial charge in [0.1, 0.15) is 0 Å². The molecule has 0 radical (unpaired) electrons. The molecule has 2 amide bonds. The zero-order valence-corrected chi connectivity index (χ0v) is 12.0. The molecule has 8 heteroatoms. The minimum absolute atomic E-state index is 0.0388. The van der Waals surface area contributed by atoms with Gasteiger partial charge in [0.15, 0.2) is 0 Å². The fourth-order valence-electron chi connectivity index (χ4n) is 2.17. The molecule has 1 aromatic carbocycles. The molecule has 1 N–H and O–H groups in total. The fourth-order valence-corrected chi connectivity index (χ4v) is 2.17. The molecule has 0 atom stereocenters. The molecule has 124 valence electrons. The van der Waals surface area contributed by atoms with E-state index in [1.54, 1.807) is 0 Å². The number of nitrogens with one attached hydrogen (secondary N) is 1. The number of hydrogen-bond donors (Lipinski definition) is 1. The van der Waals surface area contributed by atoms with Gasteiger partial charge >= 0.3 is 6.18 Å². The lowest BCUT2D eigenvalue weighted by Crippen LogP contribution is -2.65. The summed E-state index contributed by atoms with van der Waals surface area (Å²) >= 11 is 0. The Labute approximate surface area is 129 Å². The number of likely N-dealkylation sites (tertiary alicyclic amines) is 1. The first-order valence-electron chi connectivity index (χ1n) is 6.70. The minimum atomic E-state index is -4.32. The summed E-state index contributed by atoms with van der Waals surface area (Å²) in [5, 5.41) is 2.29. The van der Waals surface area contributed by atoms with Crippen molar-refractivity contribution < 1.29 is 27.2 Å². The standard InChI is InChI=1S/C15H14F4N2O2/c1-2-12(22)21-8-14(16,9-21)13(23)20-11-5-3-10(4-6-11)7-15(17,18)19/h2-6H,1,7-9H2,(H,20,23). The number of carbonyl (C=O) groups is 2. The van der Waals surface area contributed by atoms with Crippen LogP contribution in [0.25, 0.3) is 0 Å². The van der Waals surface area contributed by atoms with Crippen molar-refractivity contribution in [2.24, 2.45) is 0 Å². The van der Waals surface area contributed by atoms with Gasteiger partial charge in [0, 0.05) is 5.69 Å². The van der Waals surface area contributed by atoms with Crippen LogP contribution in [0.3, 0.4) is 0 Å². The average molecular weight is 330 g/mol. The smallest absolute Gasteiger partial charge is 0.331 e. The number of rotatable bonds is 4. The summed E-state index contributed by atoms with van der Waals surface area (Å²) in [6.45, 7) is 2.50. The van der Waals surface area contributed by atoms with Gasteiger partial charge in [-0.15, -0.1) is 0 Å². The van der Waals surface area contributed by atoms with Crippen molar-refractivity contribution in [2.75, 3.05) is 18.4 Å². The van der Waals surface area contributed by atoms with Crippen molar-refractivity contribution in [3.05, 3.63) is 42.5 Å². The van der Waals surface area contributed by atoms with E-state index < -0.39 is 30.1 Å². The third-order valence-electron chi connectivity index (χ3n) is 3.39. The van der Waals surface area contributed by atoms with Crippen molar-refractivity contribution >= 4 is 17.5 Å². The molecule has 1 saturated heterocycles. The summed E-state index contributed by atoms with van der Waals surface area (Å²) in [5.41, 5.74) is -1.98. The number of nitrogens with zero attached hydrogens (tertiary/aromatic N) is 1. The van der Waals surface area contributed by atoms with Crippen molar-refractivity contribution in [1.29, 1.82) is 0 Å². The van der Waals surface area contributed by atoms with Crippen LogP contribution in [0.2, 0.25) is 0 Å². The van der Waals surface area contributed by atoms with Crippen LogP contribution in [0.4, 0.5) is 23.2 Å². The van der Waals surface area contributed by atoms with Crippen LogP contribution < -0.4 is 5.32 Å². The van der Waals surface area contributed by atoms with Gasteiger partial charge in [-0.2, -0.15) is 13.2 Å². The average Bonchev–Trinajstić information content (AvgIpc) is 2.43. The molecule has 1 aliphatic heterocycles. The van der Waals surface area contributed by atoms with Crippen LogP contribution in [0.5, 0.6) is 0 Å². The maximum absolute atomic E-state index is 14.2. The number of halogens is 4. The second kappa shape index (κ2) is 6.02. The van der Waals surface area contributed by atoms with Gasteiger partial charge in [-0.25, -0.2) is 4.39 Å². The van der Waals surface area contributed by atoms with Crippen molar-refractivity contribution in [1.82, 2.24) is 4.90 Å². The minimum Gasteiger partial charge on any atom is -0.331 e. The van der Waals surface area contributed by atoms with Crippen molar-refractivity contribution in [3.8, 4) is 0 Å². The van der Waals surface area contributed by atoms with Gasteiger partial charge in [0.25, 0.3) is 5.91 Å². The Hall–Kier alpha value is -2.38. The molecule has 0 saturated carbocycles. The molecule has 0 unspecified atom stereocenters. The predicted molar refractivity (Wildman–Crippen MR) is 75.4 cm³/mol. The van der Waals surface area contributed by atoms with Gasteiger partial charge in [0.2, 0.25) is 11.6 Å². The second-order valence-corrected chi connectivity index (χ2v) is 5.31. The maximum Gasteiger partial charge on any atom is 0.393 e. The Morgan fingerprint density at radius 1 is 1.26 bits per heavy atom. The van der Waals surface area contributed by atoms with Crippen LogP contribution in [0.1, 0.15) is 5.56 Å². The SMILES string of the molecule is C=CC(=O)N1CC(F)(C(=O)Nc2ccc(CC(F)(F)F)cc2)C1. The number of hydrogen-bond acceptors (Lipinski definition) is 2. The van der Waals surface area contributed by atoms with Gasteiger partial charge in [-0.1, -0.05) is 18.7 Å². The molecule has 0 aliphatic carbocycles. The first-order valence-corrected chi connectivity index (χ1v) is 6.70. The first kappa shape index (κ1) is 17.0. The normalized spacial score (nSPS) is 16.4. The Kier molecular flexibility index (Phi) is 4.44. The van der Waals surface area contributed by atoms with Gasteiger partial charge < -0.3 is 10.2 Å². The summed E-state index contributed by atoms with van der Waals surface area (Å²) < 4.78 is 50.9. The van der Waals surface area contributed by atoms with Crippen molar-refractivity contribution in [3.63, 3.8) is 0 Å². The zero-order valence-electron chi connectivity index (χ0n) is 12.0. The highest BCUT2D eigenvalue weighted by Gasteiger charge is 2.51. The molecule has 1 heterocycles. The monoisotopic (exact) mass is 330 g/mol. The molecule has 1 aliphatic rings. The number of amides is 2. The Morgan fingerprint density at radius 3 is 2.30 bits per heavy atom. The summed E-state index contributed by atoms with van der Waals surface area (Å²) in [5.74, 6) is -1.41. The topological polar surface area (TPSA) is 49.4 Å². The molecular weight excluding hydrogens is 316 g/mol. The highest BCUT2D eigenvalue weighted by atomic mass is 19.4. The summed E-state index contributed by atoms with van der Waals surface area (Å²) in [4.78, 5) is 24.2. The molecule has 23 heavy (non-hydrogen) atoms. The van der Waals surface area contributed by atoms with Gasteiger partial charge in [0.05, 0.1) is 19.5 Å². The molecule has 0 spiro atoms. The highest BCUT2D eigenvalue weighted by molar-refractivity contribution is 6.00. The molecule has 2 rings (SSSR count). The van der Waals surface area contributed by atoms with Crippen LogP contribution >= 0.6 is 0 Å². The van der Waals surface area contributed by atoms with E-state index in [1.807, 2.05) is 0 Å². The van der Waals surface area contributed by atoms with Crippen LogP contribution in [0.15, 0.2) is 36.9 Å². The number of anilines is 1. The number of benzene rings is 1. The Balaban J connectivity index is 1.93.